The van der Waals surface area contributed by atoms with Crippen LogP contribution < -0.4 is 10.5 Å². The highest BCUT2D eigenvalue weighted by Gasteiger charge is 2.46. The number of aryl methyl sites for hydroxylation is 1. The summed E-state index contributed by atoms with van der Waals surface area (Å²) >= 11 is 0. The van der Waals surface area contributed by atoms with Crippen LogP contribution in [0.2, 0.25) is 0 Å². The lowest BCUT2D eigenvalue weighted by atomic mass is 9.74. The second-order valence-electron chi connectivity index (χ2n) is 8.41. The van der Waals surface area contributed by atoms with Gasteiger partial charge in [0.2, 0.25) is 0 Å². The topological polar surface area (TPSA) is 109 Å². The zero-order valence-corrected chi connectivity index (χ0v) is 16.7. The summed E-state index contributed by atoms with van der Waals surface area (Å²) in [7, 11) is 1.65. The van der Waals surface area contributed by atoms with Gasteiger partial charge in [-0.05, 0) is 48.4 Å². The summed E-state index contributed by atoms with van der Waals surface area (Å²) in [6, 6.07) is 0. The first kappa shape index (κ1) is 20.5. The van der Waals surface area contributed by atoms with Gasteiger partial charge in [0.1, 0.15) is 11.4 Å². The van der Waals surface area contributed by atoms with E-state index in [-0.39, 0.29) is 22.9 Å². The normalized spacial score (nSPS) is 18.8. The van der Waals surface area contributed by atoms with Crippen molar-refractivity contribution in [2.45, 2.75) is 56.5 Å². The number of alkyl halides is 3. The summed E-state index contributed by atoms with van der Waals surface area (Å²) in [6.07, 6.45) is 1.05. The number of hydrogen-bond donors (Lipinski definition) is 1. The molecule has 2 aliphatic rings. The molecule has 162 valence electrons. The van der Waals surface area contributed by atoms with Crippen molar-refractivity contribution < 1.29 is 22.7 Å². The Hall–Kier alpha value is -2.72. The molecule has 0 bridgehead atoms. The first-order valence-corrected chi connectivity index (χ1v) is 9.85. The minimum atomic E-state index is -4.53. The number of tetrazole rings is 1. The van der Waals surface area contributed by atoms with E-state index in [4.69, 9.17) is 10.5 Å². The van der Waals surface area contributed by atoms with Gasteiger partial charge in [-0.2, -0.15) is 13.2 Å². The van der Waals surface area contributed by atoms with E-state index >= 15 is 0 Å². The average molecular weight is 424 g/mol. The molecule has 0 radical (unpaired) electrons. The molecule has 11 heteroatoms. The molecule has 0 unspecified atom stereocenters. The molecule has 0 saturated heterocycles. The maximum Gasteiger partial charge on any atom is 0.422 e. The van der Waals surface area contributed by atoms with Crippen LogP contribution in [0.15, 0.2) is 6.20 Å². The Morgan fingerprint density at radius 2 is 2.00 bits per heavy atom. The Kier molecular flexibility index (Phi) is 4.94. The molecule has 2 aromatic heterocycles. The Balaban J connectivity index is 1.95. The molecule has 0 aliphatic heterocycles. The number of nitrogens with two attached hydrogens (primary N) is 1. The van der Waals surface area contributed by atoms with Crippen molar-refractivity contribution in [2.75, 3.05) is 6.61 Å². The number of ether oxygens (including phenoxy) is 1. The number of rotatable bonds is 8. The van der Waals surface area contributed by atoms with Gasteiger partial charge in [-0.15, -0.1) is 5.10 Å². The molecule has 2 aliphatic carbocycles. The monoisotopic (exact) mass is 424 g/mol. The van der Waals surface area contributed by atoms with Crippen LogP contribution in [0.1, 0.15) is 72.4 Å². The Morgan fingerprint density at radius 3 is 2.50 bits per heavy atom. The lowest BCUT2D eigenvalue weighted by molar-refractivity contribution is -0.153. The molecule has 30 heavy (non-hydrogen) atoms. The highest BCUT2D eigenvalue weighted by molar-refractivity contribution is 5.94. The molecule has 0 aromatic carbocycles. The summed E-state index contributed by atoms with van der Waals surface area (Å²) in [5.41, 5.74) is 5.31. The Morgan fingerprint density at radius 1 is 1.30 bits per heavy atom. The van der Waals surface area contributed by atoms with Crippen molar-refractivity contribution in [3.8, 4) is 5.75 Å². The van der Waals surface area contributed by atoms with Crippen LogP contribution in [-0.4, -0.2) is 43.9 Å². The average Bonchev–Trinajstić information content (AvgIpc) is 3.58. The quantitative estimate of drug-likeness (QED) is 0.698. The number of aromatic nitrogens is 5. The predicted octanol–water partition coefficient (Wildman–Crippen LogP) is 2.63. The third-order valence-corrected chi connectivity index (χ3v) is 5.75. The summed E-state index contributed by atoms with van der Waals surface area (Å²) in [4.78, 5) is 16.6. The third-order valence-electron chi connectivity index (χ3n) is 5.75. The minimum Gasteiger partial charge on any atom is -0.483 e. The van der Waals surface area contributed by atoms with Crippen LogP contribution in [0.25, 0.3) is 0 Å². The number of pyridine rings is 1. The smallest absolute Gasteiger partial charge is 0.422 e. The molecule has 2 saturated carbocycles. The molecule has 2 N–H and O–H groups in total. The fraction of sp³-hybridized carbons (Fsp3) is 0.632. The van der Waals surface area contributed by atoms with Crippen LogP contribution in [0, 0.1) is 5.92 Å². The van der Waals surface area contributed by atoms with E-state index in [0.29, 0.717) is 23.7 Å². The van der Waals surface area contributed by atoms with E-state index in [1.54, 1.807) is 7.05 Å². The molecule has 2 fully saturated rings. The molecular weight excluding hydrogens is 401 g/mol. The summed E-state index contributed by atoms with van der Waals surface area (Å²) in [6.45, 7) is 0.343. The highest BCUT2D eigenvalue weighted by Crippen LogP contribution is 2.52. The minimum absolute atomic E-state index is 0.0322. The second kappa shape index (κ2) is 7.21. The molecule has 2 heterocycles. The van der Waals surface area contributed by atoms with Gasteiger partial charge < -0.3 is 10.5 Å². The maximum absolute atomic E-state index is 13.1. The van der Waals surface area contributed by atoms with Crippen LogP contribution in [0.5, 0.6) is 5.75 Å². The lowest BCUT2D eigenvalue weighted by Gasteiger charge is -2.32. The number of carbonyl (C=O) groups excluding carboxylic acids is 1. The highest BCUT2D eigenvalue weighted by atomic mass is 19.4. The van der Waals surface area contributed by atoms with Gasteiger partial charge in [-0.3, -0.25) is 9.78 Å². The standard InChI is InChI=1S/C19H23F3N6O2/c1-18(7-10-3-4-10,17-25-26-27-28(17)2)13-14(16(23)29)24-8-12(11-5-6-11)15(13)30-9-19(20,21)22/h8,10-11H,3-7,9H2,1-2H3,(H2,23,29)/t18-/m1/s1. The fourth-order valence-electron chi connectivity index (χ4n) is 4.10. The first-order valence-electron chi connectivity index (χ1n) is 9.85. The van der Waals surface area contributed by atoms with Crippen molar-refractivity contribution in [1.29, 1.82) is 0 Å². The van der Waals surface area contributed by atoms with Crippen molar-refractivity contribution >= 4 is 5.91 Å². The zero-order valence-electron chi connectivity index (χ0n) is 16.7. The maximum atomic E-state index is 13.1. The van der Waals surface area contributed by atoms with Gasteiger partial charge >= 0.3 is 6.18 Å². The van der Waals surface area contributed by atoms with E-state index < -0.39 is 24.1 Å². The van der Waals surface area contributed by atoms with Crippen LogP contribution >= 0.6 is 0 Å². The van der Waals surface area contributed by atoms with E-state index in [2.05, 4.69) is 20.5 Å². The van der Waals surface area contributed by atoms with E-state index in [1.807, 2.05) is 6.92 Å². The van der Waals surface area contributed by atoms with Gasteiger partial charge in [0.05, 0.1) is 5.41 Å². The number of hydrogen-bond acceptors (Lipinski definition) is 6. The molecule has 0 spiro atoms. The Labute approximate surface area is 171 Å². The molecule has 1 amide bonds. The van der Waals surface area contributed by atoms with E-state index in [9.17, 15) is 18.0 Å². The first-order chi connectivity index (χ1) is 14.1. The summed E-state index contributed by atoms with van der Waals surface area (Å²) < 4.78 is 46.0. The molecular formula is C19H23F3N6O2. The number of primary amides is 1. The largest absolute Gasteiger partial charge is 0.483 e. The predicted molar refractivity (Wildman–Crippen MR) is 98.9 cm³/mol. The molecule has 1 atom stereocenters. The van der Waals surface area contributed by atoms with Crippen molar-refractivity contribution in [3.63, 3.8) is 0 Å². The van der Waals surface area contributed by atoms with Gasteiger partial charge in [0.15, 0.2) is 12.4 Å². The number of nitrogens with zero attached hydrogens (tertiary/aromatic N) is 5. The Bertz CT molecular complexity index is 968. The SMILES string of the molecule is Cn1nnnc1[C@](C)(CC1CC1)c1c(C(N)=O)ncc(C2CC2)c1OCC(F)(F)F. The number of amides is 1. The number of halogens is 3. The molecule has 4 rings (SSSR count). The van der Waals surface area contributed by atoms with Crippen molar-refractivity contribution in [2.24, 2.45) is 18.7 Å². The number of carbonyl (C=O) groups is 1. The fourth-order valence-corrected chi connectivity index (χ4v) is 4.10. The van der Waals surface area contributed by atoms with Crippen LogP contribution in [-0.2, 0) is 12.5 Å². The molecule has 2 aromatic rings. The van der Waals surface area contributed by atoms with Gasteiger partial charge in [-0.1, -0.05) is 12.8 Å². The van der Waals surface area contributed by atoms with Crippen molar-refractivity contribution in [3.05, 3.63) is 28.8 Å². The van der Waals surface area contributed by atoms with Crippen molar-refractivity contribution in [1.82, 2.24) is 25.2 Å². The van der Waals surface area contributed by atoms with E-state index in [1.165, 1.54) is 10.9 Å². The summed E-state index contributed by atoms with van der Waals surface area (Å²) in [5, 5.41) is 11.7. The lowest BCUT2D eigenvalue weighted by Crippen LogP contribution is -2.34. The van der Waals surface area contributed by atoms with Gasteiger partial charge in [-0.25, -0.2) is 4.68 Å². The van der Waals surface area contributed by atoms with Crippen LogP contribution in [0.4, 0.5) is 13.2 Å². The van der Waals surface area contributed by atoms with E-state index in [0.717, 1.165) is 25.7 Å². The van der Waals surface area contributed by atoms with Gasteiger partial charge in [0, 0.05) is 24.4 Å². The second-order valence-corrected chi connectivity index (χ2v) is 8.41. The molecule has 8 nitrogen and oxygen atoms in total. The van der Waals surface area contributed by atoms with Gasteiger partial charge in [0.25, 0.3) is 5.91 Å². The third kappa shape index (κ3) is 3.97. The van der Waals surface area contributed by atoms with Crippen LogP contribution in [0.3, 0.4) is 0 Å². The zero-order chi connectivity index (χ0) is 21.7. The summed E-state index contributed by atoms with van der Waals surface area (Å²) in [5.74, 6) is 0.00585.